The average Bonchev–Trinajstić information content (AvgIpc) is 2.14. The zero-order valence-electron chi connectivity index (χ0n) is 8.30. The van der Waals surface area contributed by atoms with Crippen LogP contribution in [0, 0.1) is 0 Å². The molecule has 0 rings (SSSR count). The first-order valence-corrected chi connectivity index (χ1v) is 5.53. The first-order valence-electron chi connectivity index (χ1n) is 4.54. The van der Waals surface area contributed by atoms with E-state index in [0.29, 0.717) is 0 Å². The molecule has 84 valence electrons. The lowest BCUT2D eigenvalue weighted by Gasteiger charge is -2.15. The van der Waals surface area contributed by atoms with E-state index in [4.69, 9.17) is 0 Å². The van der Waals surface area contributed by atoms with E-state index in [-0.39, 0.29) is 23.7 Å². The monoisotopic (exact) mass is 228 g/mol. The predicted molar refractivity (Wildman–Crippen MR) is 52.7 cm³/mol. The van der Waals surface area contributed by atoms with E-state index in [1.807, 2.05) is 0 Å². The summed E-state index contributed by atoms with van der Waals surface area (Å²) in [5.74, 6) is 0.202. The second-order valence-corrected chi connectivity index (χ2v) is 4.29. The summed E-state index contributed by atoms with van der Waals surface area (Å²) in [4.78, 5) is 10.5. The van der Waals surface area contributed by atoms with E-state index in [9.17, 15) is 18.0 Å². The van der Waals surface area contributed by atoms with Gasteiger partial charge in [-0.3, -0.25) is 4.79 Å². The lowest BCUT2D eigenvalue weighted by Crippen LogP contribution is -2.28. The SMILES string of the molecule is CCC(F)C(F)C(F)CCSC(C)=O. The Hall–Kier alpha value is -0.190. The third kappa shape index (κ3) is 5.52. The van der Waals surface area contributed by atoms with Crippen LogP contribution in [0.3, 0.4) is 0 Å². The van der Waals surface area contributed by atoms with Gasteiger partial charge in [-0.1, -0.05) is 18.7 Å². The molecule has 5 heteroatoms. The van der Waals surface area contributed by atoms with E-state index in [1.54, 1.807) is 0 Å². The van der Waals surface area contributed by atoms with Crippen molar-refractivity contribution in [3.05, 3.63) is 0 Å². The maximum Gasteiger partial charge on any atom is 0.185 e. The van der Waals surface area contributed by atoms with Crippen LogP contribution in [0.5, 0.6) is 0 Å². The van der Waals surface area contributed by atoms with Crippen LogP contribution in [0.2, 0.25) is 0 Å². The number of thioether (sulfide) groups is 1. The highest BCUT2D eigenvalue weighted by molar-refractivity contribution is 8.13. The van der Waals surface area contributed by atoms with E-state index in [0.717, 1.165) is 11.8 Å². The van der Waals surface area contributed by atoms with Gasteiger partial charge in [0.1, 0.15) is 12.3 Å². The Labute approximate surface area is 86.4 Å². The number of carbonyl (C=O) groups excluding carboxylic acids is 1. The van der Waals surface area contributed by atoms with Gasteiger partial charge in [-0.05, 0) is 12.8 Å². The van der Waals surface area contributed by atoms with Crippen LogP contribution >= 0.6 is 11.8 Å². The van der Waals surface area contributed by atoms with Crippen molar-refractivity contribution in [1.82, 2.24) is 0 Å². The molecule has 0 spiro atoms. The lowest BCUT2D eigenvalue weighted by atomic mass is 10.1. The van der Waals surface area contributed by atoms with E-state index in [2.05, 4.69) is 0 Å². The minimum atomic E-state index is -2.06. The molecule has 0 fully saturated rings. The van der Waals surface area contributed by atoms with Gasteiger partial charge in [0.2, 0.25) is 0 Å². The summed E-state index contributed by atoms with van der Waals surface area (Å²) in [6, 6.07) is 0. The highest BCUT2D eigenvalue weighted by Gasteiger charge is 2.28. The van der Waals surface area contributed by atoms with Crippen LogP contribution < -0.4 is 0 Å². The van der Waals surface area contributed by atoms with E-state index >= 15 is 0 Å². The standard InChI is InChI=1S/C9H15F3OS/c1-3-7(10)9(12)8(11)4-5-14-6(2)13/h7-9H,3-5H2,1-2H3. The molecule has 0 aromatic rings. The Morgan fingerprint density at radius 2 is 1.86 bits per heavy atom. The van der Waals surface area contributed by atoms with E-state index < -0.39 is 18.5 Å². The third-order valence-electron chi connectivity index (χ3n) is 1.78. The minimum Gasteiger partial charge on any atom is -0.288 e. The number of hydrogen-bond donors (Lipinski definition) is 0. The third-order valence-corrected chi connectivity index (χ3v) is 2.63. The minimum absolute atomic E-state index is 0.0264. The van der Waals surface area contributed by atoms with Crippen LogP contribution in [-0.4, -0.2) is 29.4 Å². The molecule has 0 aromatic heterocycles. The summed E-state index contributed by atoms with van der Waals surface area (Å²) in [6.07, 6.45) is -5.76. The van der Waals surface area contributed by atoms with Gasteiger partial charge in [0.15, 0.2) is 11.3 Å². The largest absolute Gasteiger partial charge is 0.288 e. The van der Waals surface area contributed by atoms with Gasteiger partial charge >= 0.3 is 0 Å². The van der Waals surface area contributed by atoms with Crippen molar-refractivity contribution in [2.24, 2.45) is 0 Å². The summed E-state index contributed by atoms with van der Waals surface area (Å²) >= 11 is 0.928. The topological polar surface area (TPSA) is 17.1 Å². The molecule has 0 heterocycles. The molecule has 14 heavy (non-hydrogen) atoms. The van der Waals surface area contributed by atoms with Gasteiger partial charge in [-0.25, -0.2) is 13.2 Å². The van der Waals surface area contributed by atoms with Crippen LogP contribution in [0.25, 0.3) is 0 Å². The van der Waals surface area contributed by atoms with Gasteiger partial charge in [-0.2, -0.15) is 0 Å². The molecular weight excluding hydrogens is 213 g/mol. The normalized spacial score (nSPS) is 17.5. The highest BCUT2D eigenvalue weighted by atomic mass is 32.2. The molecule has 0 radical (unpaired) electrons. The Kier molecular flexibility index (Phi) is 7.05. The molecule has 0 aromatic carbocycles. The molecule has 0 aliphatic heterocycles. The molecule has 0 aliphatic carbocycles. The van der Waals surface area contributed by atoms with E-state index in [1.165, 1.54) is 13.8 Å². The Balaban J connectivity index is 3.72. The van der Waals surface area contributed by atoms with Gasteiger partial charge in [0.25, 0.3) is 0 Å². The summed E-state index contributed by atoms with van der Waals surface area (Å²) in [5, 5.41) is -0.139. The van der Waals surface area contributed by atoms with Crippen molar-refractivity contribution in [2.45, 2.75) is 45.2 Å². The number of alkyl halides is 3. The van der Waals surface area contributed by atoms with Crippen molar-refractivity contribution in [3.63, 3.8) is 0 Å². The molecule has 0 bridgehead atoms. The first kappa shape index (κ1) is 13.8. The summed E-state index contributed by atoms with van der Waals surface area (Å²) in [7, 11) is 0. The fourth-order valence-corrected chi connectivity index (χ4v) is 1.56. The van der Waals surface area contributed by atoms with Crippen molar-refractivity contribution < 1.29 is 18.0 Å². The Morgan fingerprint density at radius 1 is 1.29 bits per heavy atom. The number of rotatable bonds is 6. The lowest BCUT2D eigenvalue weighted by molar-refractivity contribution is -0.109. The van der Waals surface area contributed by atoms with Gasteiger partial charge in [-0.15, -0.1) is 0 Å². The predicted octanol–water partition coefficient (Wildman–Crippen LogP) is 3.08. The zero-order chi connectivity index (χ0) is 11.1. The molecule has 3 atom stereocenters. The van der Waals surface area contributed by atoms with Crippen LogP contribution in [0.1, 0.15) is 26.7 Å². The van der Waals surface area contributed by atoms with Crippen molar-refractivity contribution >= 4 is 16.9 Å². The van der Waals surface area contributed by atoms with Crippen LogP contribution in [-0.2, 0) is 4.79 Å². The molecule has 0 amide bonds. The fraction of sp³-hybridized carbons (Fsp3) is 0.889. The quantitative estimate of drug-likeness (QED) is 0.695. The van der Waals surface area contributed by atoms with Gasteiger partial charge < -0.3 is 0 Å². The summed E-state index contributed by atoms with van der Waals surface area (Å²) in [6.45, 7) is 2.82. The highest BCUT2D eigenvalue weighted by Crippen LogP contribution is 2.19. The maximum absolute atomic E-state index is 12.9. The molecule has 0 saturated heterocycles. The van der Waals surface area contributed by atoms with Gasteiger partial charge in [0, 0.05) is 12.7 Å². The average molecular weight is 228 g/mol. The summed E-state index contributed by atoms with van der Waals surface area (Å²) in [5.41, 5.74) is 0. The summed E-state index contributed by atoms with van der Waals surface area (Å²) < 4.78 is 38.5. The molecule has 0 N–H and O–H groups in total. The number of carbonyl (C=O) groups is 1. The number of hydrogen-bond acceptors (Lipinski definition) is 2. The second kappa shape index (κ2) is 7.15. The Bertz CT molecular complexity index is 177. The zero-order valence-corrected chi connectivity index (χ0v) is 9.12. The van der Waals surface area contributed by atoms with Crippen LogP contribution in [0.15, 0.2) is 0 Å². The maximum atomic E-state index is 12.9. The second-order valence-electron chi connectivity index (χ2n) is 3.01. The number of halogens is 3. The van der Waals surface area contributed by atoms with Crippen molar-refractivity contribution in [1.29, 1.82) is 0 Å². The first-order chi connectivity index (χ1) is 6.49. The molecule has 0 aliphatic rings. The van der Waals surface area contributed by atoms with Gasteiger partial charge in [0.05, 0.1) is 0 Å². The van der Waals surface area contributed by atoms with Crippen LogP contribution in [0.4, 0.5) is 13.2 Å². The molecule has 3 unspecified atom stereocenters. The van der Waals surface area contributed by atoms with Crippen molar-refractivity contribution in [3.8, 4) is 0 Å². The molecular formula is C9H15F3OS. The van der Waals surface area contributed by atoms with Crippen molar-refractivity contribution in [2.75, 3.05) is 5.75 Å². The fourth-order valence-electron chi connectivity index (χ4n) is 0.926. The smallest absolute Gasteiger partial charge is 0.185 e. The molecule has 1 nitrogen and oxygen atoms in total. The Morgan fingerprint density at radius 3 is 2.29 bits per heavy atom. The molecule has 0 saturated carbocycles.